The highest BCUT2D eigenvalue weighted by atomic mass is 32.2. The van der Waals surface area contributed by atoms with Gasteiger partial charge in [-0.15, -0.1) is 0 Å². The van der Waals surface area contributed by atoms with E-state index in [0.29, 0.717) is 11.3 Å². The first-order valence-electron chi connectivity index (χ1n) is 6.11. The summed E-state index contributed by atoms with van der Waals surface area (Å²) in [7, 11) is -3.28. The number of carboxylic acid groups (broad SMARTS) is 1. The van der Waals surface area contributed by atoms with Crippen LogP contribution in [0.15, 0.2) is 53.4 Å². The van der Waals surface area contributed by atoms with Crippen molar-refractivity contribution in [2.75, 3.05) is 6.26 Å². The molecule has 0 radical (unpaired) electrons. The number of benzene rings is 2. The van der Waals surface area contributed by atoms with E-state index in [1.165, 1.54) is 24.3 Å². The van der Waals surface area contributed by atoms with E-state index in [4.69, 9.17) is 9.84 Å². The fraction of sp³-hybridized carbons (Fsp3) is 0.133. The van der Waals surface area contributed by atoms with Gasteiger partial charge in [0.05, 0.1) is 10.5 Å². The van der Waals surface area contributed by atoms with Crippen molar-refractivity contribution in [2.45, 2.75) is 11.5 Å². The zero-order valence-corrected chi connectivity index (χ0v) is 12.1. The zero-order chi connectivity index (χ0) is 15.5. The number of hydrogen-bond acceptors (Lipinski definition) is 4. The van der Waals surface area contributed by atoms with Gasteiger partial charge < -0.3 is 9.84 Å². The third-order valence-electron chi connectivity index (χ3n) is 2.81. The second-order valence-corrected chi connectivity index (χ2v) is 6.56. The normalized spacial score (nSPS) is 11.1. The first-order valence-corrected chi connectivity index (χ1v) is 8.00. The molecule has 21 heavy (non-hydrogen) atoms. The van der Waals surface area contributed by atoms with Crippen LogP contribution in [0.5, 0.6) is 5.75 Å². The minimum Gasteiger partial charge on any atom is -0.489 e. The van der Waals surface area contributed by atoms with Gasteiger partial charge in [-0.25, -0.2) is 13.2 Å². The van der Waals surface area contributed by atoms with Crippen molar-refractivity contribution in [3.05, 3.63) is 59.7 Å². The van der Waals surface area contributed by atoms with Crippen molar-refractivity contribution in [3.63, 3.8) is 0 Å². The molecule has 1 N–H and O–H groups in total. The zero-order valence-electron chi connectivity index (χ0n) is 11.3. The van der Waals surface area contributed by atoms with Crippen LogP contribution in [0.25, 0.3) is 0 Å². The Morgan fingerprint density at radius 3 is 2.52 bits per heavy atom. The van der Waals surface area contributed by atoms with Gasteiger partial charge in [-0.3, -0.25) is 0 Å². The van der Waals surface area contributed by atoms with Crippen molar-refractivity contribution in [1.29, 1.82) is 0 Å². The SMILES string of the molecule is CS(=O)(=O)c1cccc(OCc2cccc(C(=O)O)c2)c1. The molecule has 2 aromatic carbocycles. The van der Waals surface area contributed by atoms with Gasteiger partial charge >= 0.3 is 5.97 Å². The first kappa shape index (κ1) is 15.1. The molecule has 0 aliphatic rings. The number of carbonyl (C=O) groups is 1. The molecule has 6 heteroatoms. The molecule has 0 atom stereocenters. The summed E-state index contributed by atoms with van der Waals surface area (Å²) in [5.74, 6) is -0.588. The minimum absolute atomic E-state index is 0.161. The van der Waals surface area contributed by atoms with Gasteiger partial charge in [0, 0.05) is 6.26 Å². The average molecular weight is 306 g/mol. The van der Waals surface area contributed by atoms with Gasteiger partial charge in [0.25, 0.3) is 0 Å². The van der Waals surface area contributed by atoms with E-state index in [2.05, 4.69) is 0 Å². The molecule has 0 aromatic heterocycles. The topological polar surface area (TPSA) is 80.7 Å². The van der Waals surface area contributed by atoms with Crippen molar-refractivity contribution in [3.8, 4) is 5.75 Å². The van der Waals surface area contributed by atoms with Gasteiger partial charge in [-0.05, 0) is 35.9 Å². The van der Waals surface area contributed by atoms with E-state index < -0.39 is 15.8 Å². The lowest BCUT2D eigenvalue weighted by Crippen LogP contribution is -2.01. The Bertz CT molecular complexity index is 765. The molecule has 0 aliphatic heterocycles. The summed E-state index contributed by atoms with van der Waals surface area (Å²) in [6, 6.07) is 12.6. The second kappa shape index (κ2) is 5.97. The van der Waals surface area contributed by atoms with E-state index in [1.807, 2.05) is 0 Å². The second-order valence-electron chi connectivity index (χ2n) is 4.54. The molecule has 0 saturated heterocycles. The number of ether oxygens (including phenoxy) is 1. The molecule has 0 aliphatic carbocycles. The van der Waals surface area contributed by atoms with Crippen LogP contribution in [0, 0.1) is 0 Å². The van der Waals surface area contributed by atoms with Crippen LogP contribution in [0.4, 0.5) is 0 Å². The van der Waals surface area contributed by atoms with Crippen LogP contribution in [0.2, 0.25) is 0 Å². The molecule has 0 saturated carbocycles. The van der Waals surface area contributed by atoms with E-state index in [9.17, 15) is 13.2 Å². The summed E-state index contributed by atoms with van der Waals surface area (Å²) in [6.07, 6.45) is 1.13. The Balaban J connectivity index is 2.13. The molecule has 0 heterocycles. The monoisotopic (exact) mass is 306 g/mol. The Hall–Kier alpha value is -2.34. The quantitative estimate of drug-likeness (QED) is 0.917. The molecule has 0 unspecified atom stereocenters. The fourth-order valence-electron chi connectivity index (χ4n) is 1.76. The standard InChI is InChI=1S/C15H14O5S/c1-21(18,19)14-7-3-6-13(9-14)20-10-11-4-2-5-12(8-11)15(16)17/h2-9H,10H2,1H3,(H,16,17). The van der Waals surface area contributed by atoms with Crippen LogP contribution in [0.1, 0.15) is 15.9 Å². The van der Waals surface area contributed by atoms with Crippen LogP contribution in [-0.4, -0.2) is 25.7 Å². The minimum atomic E-state index is -3.28. The highest BCUT2D eigenvalue weighted by molar-refractivity contribution is 7.90. The smallest absolute Gasteiger partial charge is 0.335 e. The third-order valence-corrected chi connectivity index (χ3v) is 3.92. The molecule has 0 fully saturated rings. The van der Waals surface area contributed by atoms with E-state index in [1.54, 1.807) is 24.3 Å². The first-order chi connectivity index (χ1) is 9.86. The lowest BCUT2D eigenvalue weighted by Gasteiger charge is -2.08. The lowest BCUT2D eigenvalue weighted by molar-refractivity contribution is 0.0696. The molecule has 0 spiro atoms. The number of sulfone groups is 1. The molecular formula is C15H14O5S. The van der Waals surface area contributed by atoms with E-state index >= 15 is 0 Å². The van der Waals surface area contributed by atoms with E-state index in [0.717, 1.165) is 6.26 Å². The van der Waals surface area contributed by atoms with E-state index in [-0.39, 0.29) is 17.1 Å². The van der Waals surface area contributed by atoms with Crippen molar-refractivity contribution >= 4 is 15.8 Å². The number of rotatable bonds is 5. The maximum Gasteiger partial charge on any atom is 0.335 e. The van der Waals surface area contributed by atoms with Gasteiger partial charge in [0.1, 0.15) is 12.4 Å². The largest absolute Gasteiger partial charge is 0.489 e. The molecule has 2 rings (SSSR count). The summed E-state index contributed by atoms with van der Waals surface area (Å²) in [6.45, 7) is 0.161. The number of hydrogen-bond donors (Lipinski definition) is 1. The summed E-state index contributed by atoms with van der Waals surface area (Å²) in [4.78, 5) is 11.1. The maximum absolute atomic E-state index is 11.5. The Labute approximate surface area is 122 Å². The van der Waals surface area contributed by atoms with Gasteiger partial charge in [0.15, 0.2) is 9.84 Å². The number of carboxylic acids is 1. The molecule has 2 aromatic rings. The third kappa shape index (κ3) is 4.06. The van der Waals surface area contributed by atoms with Crippen molar-refractivity contribution in [2.24, 2.45) is 0 Å². The van der Waals surface area contributed by atoms with Crippen molar-refractivity contribution < 1.29 is 23.1 Å². The highest BCUT2D eigenvalue weighted by Crippen LogP contribution is 2.18. The fourth-order valence-corrected chi connectivity index (χ4v) is 2.41. The molecule has 110 valence electrons. The summed E-state index contributed by atoms with van der Waals surface area (Å²) < 4.78 is 28.4. The molecular weight excluding hydrogens is 292 g/mol. The maximum atomic E-state index is 11.5. The Morgan fingerprint density at radius 1 is 1.14 bits per heavy atom. The Kier molecular flexibility index (Phi) is 4.28. The Morgan fingerprint density at radius 2 is 1.86 bits per heavy atom. The predicted octanol–water partition coefficient (Wildman–Crippen LogP) is 2.37. The predicted molar refractivity (Wildman–Crippen MR) is 77.3 cm³/mol. The summed E-state index contributed by atoms with van der Waals surface area (Å²) >= 11 is 0. The average Bonchev–Trinajstić information content (AvgIpc) is 2.45. The molecule has 0 bridgehead atoms. The van der Waals surface area contributed by atoms with Gasteiger partial charge in [-0.1, -0.05) is 18.2 Å². The van der Waals surface area contributed by atoms with Gasteiger partial charge in [0.2, 0.25) is 0 Å². The summed E-state index contributed by atoms with van der Waals surface area (Å²) in [5, 5.41) is 8.91. The molecule has 0 amide bonds. The highest BCUT2D eigenvalue weighted by Gasteiger charge is 2.08. The number of aromatic carboxylic acids is 1. The van der Waals surface area contributed by atoms with Crippen LogP contribution in [-0.2, 0) is 16.4 Å². The summed E-state index contributed by atoms with van der Waals surface area (Å²) in [5.41, 5.74) is 0.876. The van der Waals surface area contributed by atoms with Gasteiger partial charge in [-0.2, -0.15) is 0 Å². The lowest BCUT2D eigenvalue weighted by atomic mass is 10.1. The van der Waals surface area contributed by atoms with Crippen LogP contribution < -0.4 is 4.74 Å². The van der Waals surface area contributed by atoms with Crippen LogP contribution >= 0.6 is 0 Å². The van der Waals surface area contributed by atoms with Crippen molar-refractivity contribution in [1.82, 2.24) is 0 Å². The van der Waals surface area contributed by atoms with Crippen LogP contribution in [0.3, 0.4) is 0 Å². The molecule has 5 nitrogen and oxygen atoms in total.